The van der Waals surface area contributed by atoms with Crippen molar-refractivity contribution in [3.05, 3.63) is 94.6 Å². The van der Waals surface area contributed by atoms with Crippen LogP contribution in [0.15, 0.2) is 71.5 Å². The second kappa shape index (κ2) is 14.1. The SMILES string of the molecule is CC(/C=C(/C)[N-]C1CCCCC1)=NC1CCCCC1.Cc1cc2c3c(nccc3c1)-c1[c-]c3ccccc3cc1C2(C)C.[Ir]. The van der Waals surface area contributed by atoms with Gasteiger partial charge in [-0.1, -0.05) is 131 Å². The Labute approximate surface area is 278 Å². The van der Waals surface area contributed by atoms with Crippen LogP contribution in [-0.2, 0) is 25.5 Å². The van der Waals surface area contributed by atoms with Crippen LogP contribution in [-0.4, -0.2) is 22.8 Å². The van der Waals surface area contributed by atoms with Crippen LogP contribution in [0, 0.1) is 13.0 Å². The Hall–Kier alpha value is -2.81. The van der Waals surface area contributed by atoms with Gasteiger partial charge >= 0.3 is 0 Å². The molecule has 0 saturated heterocycles. The van der Waals surface area contributed by atoms with Crippen molar-refractivity contribution in [1.29, 1.82) is 0 Å². The topological polar surface area (TPSA) is 39.4 Å². The van der Waals surface area contributed by atoms with E-state index in [-0.39, 0.29) is 25.5 Å². The Kier molecular flexibility index (Phi) is 10.4. The molecule has 4 aromatic rings. The molecule has 3 aliphatic rings. The Bertz CT molecular complexity index is 1670. The van der Waals surface area contributed by atoms with Gasteiger partial charge in [-0.2, -0.15) is 5.70 Å². The van der Waals surface area contributed by atoms with Crippen molar-refractivity contribution < 1.29 is 20.1 Å². The van der Waals surface area contributed by atoms with Crippen LogP contribution in [0.2, 0.25) is 0 Å². The van der Waals surface area contributed by atoms with Crippen LogP contribution in [0.25, 0.3) is 38.1 Å². The number of hydrogen-bond donors (Lipinski definition) is 0. The number of pyridine rings is 1. The monoisotopic (exact) mass is 762 g/mol. The summed E-state index contributed by atoms with van der Waals surface area (Å²) < 4.78 is 0. The minimum Gasteiger partial charge on any atom is -0.685 e. The largest absolute Gasteiger partial charge is 0.685 e. The molecule has 3 nitrogen and oxygen atoms in total. The third-order valence-corrected chi connectivity index (χ3v) is 9.72. The second-order valence-corrected chi connectivity index (χ2v) is 13.6. The van der Waals surface area contributed by atoms with Gasteiger partial charge < -0.3 is 5.32 Å². The standard InChI is InChI=1S/C23H18N.C17H29N2.Ir/c1-14-10-17-8-9-24-22-18-12-15-6-4-5-7-16(15)13-19(18)23(2,3)20(11-14)21(17)22;1-14(18-16-9-5-3-6-10-16)13-15(2)19-17-11-7-4-8-12-17;/h4-11,13H,1-3H3;13,16-17H,3-12H2,1-2H3;/q2*-1;/b;14-13-,19-15?;. The molecule has 1 radical (unpaired) electrons. The molecular formula is C40H47IrN3-2. The van der Waals surface area contributed by atoms with Gasteiger partial charge in [0.15, 0.2) is 0 Å². The molecule has 3 aliphatic carbocycles. The number of fused-ring (bicyclic) bond motifs is 3. The van der Waals surface area contributed by atoms with Gasteiger partial charge in [0.2, 0.25) is 0 Å². The third kappa shape index (κ3) is 7.03. The molecule has 1 aromatic heterocycles. The van der Waals surface area contributed by atoms with Gasteiger partial charge in [-0.15, -0.1) is 29.6 Å². The smallest absolute Gasteiger partial charge is 0.0502 e. The van der Waals surface area contributed by atoms with Crippen molar-refractivity contribution in [1.82, 2.24) is 4.98 Å². The molecule has 0 bridgehead atoms. The molecule has 0 aliphatic heterocycles. The van der Waals surface area contributed by atoms with Crippen molar-refractivity contribution in [3.8, 4) is 11.3 Å². The summed E-state index contributed by atoms with van der Waals surface area (Å²) in [7, 11) is 0. The molecule has 2 saturated carbocycles. The Morgan fingerprint density at radius 2 is 1.59 bits per heavy atom. The van der Waals surface area contributed by atoms with Crippen LogP contribution in [0.5, 0.6) is 0 Å². The van der Waals surface area contributed by atoms with Crippen LogP contribution >= 0.6 is 0 Å². The molecule has 7 rings (SSSR count). The zero-order chi connectivity index (χ0) is 30.0. The van der Waals surface area contributed by atoms with Gasteiger partial charge in [-0.05, 0) is 54.5 Å². The Morgan fingerprint density at radius 3 is 2.34 bits per heavy atom. The van der Waals surface area contributed by atoms with E-state index < -0.39 is 0 Å². The first-order valence-corrected chi connectivity index (χ1v) is 16.6. The Balaban J connectivity index is 0.000000176. The van der Waals surface area contributed by atoms with E-state index in [1.54, 1.807) is 0 Å². The molecule has 0 amide bonds. The zero-order valence-corrected chi connectivity index (χ0v) is 29.6. The van der Waals surface area contributed by atoms with E-state index in [9.17, 15) is 0 Å². The van der Waals surface area contributed by atoms with Gasteiger partial charge in [0.05, 0.1) is 6.04 Å². The summed E-state index contributed by atoms with van der Waals surface area (Å²) in [6.45, 7) is 11.1. The molecule has 0 spiro atoms. The van der Waals surface area contributed by atoms with Gasteiger partial charge in [0.25, 0.3) is 0 Å². The van der Waals surface area contributed by atoms with E-state index in [4.69, 9.17) is 15.3 Å². The number of nitrogens with zero attached hydrogens (tertiary/aromatic N) is 3. The maximum Gasteiger partial charge on any atom is 0.0502 e. The van der Waals surface area contributed by atoms with Gasteiger partial charge in [-0.3, -0.25) is 9.98 Å². The molecule has 1 heterocycles. The Morgan fingerprint density at radius 1 is 0.886 bits per heavy atom. The summed E-state index contributed by atoms with van der Waals surface area (Å²) in [5.74, 6) is 0. The zero-order valence-electron chi connectivity index (χ0n) is 27.2. The third-order valence-electron chi connectivity index (χ3n) is 9.72. The fraction of sp³-hybridized carbons (Fsp3) is 0.450. The fourth-order valence-corrected chi connectivity index (χ4v) is 7.51. The number of hydrogen-bond acceptors (Lipinski definition) is 2. The molecule has 44 heavy (non-hydrogen) atoms. The number of aromatic nitrogens is 1. The number of allylic oxidation sites excluding steroid dienone is 2. The van der Waals surface area contributed by atoms with Gasteiger partial charge in [0.1, 0.15) is 0 Å². The van der Waals surface area contributed by atoms with Crippen LogP contribution in [0.1, 0.15) is 109 Å². The normalized spacial score (nSPS) is 18.7. The van der Waals surface area contributed by atoms with Gasteiger partial charge in [-0.25, -0.2) is 0 Å². The summed E-state index contributed by atoms with van der Waals surface area (Å²) >= 11 is 0. The quantitative estimate of drug-likeness (QED) is 0.151. The summed E-state index contributed by atoms with van der Waals surface area (Å²) in [6.07, 6.45) is 17.5. The first-order chi connectivity index (χ1) is 20.8. The minimum absolute atomic E-state index is 0. The molecular weight excluding hydrogens is 715 g/mol. The molecule has 0 unspecified atom stereocenters. The maximum absolute atomic E-state index is 4.85. The van der Waals surface area contributed by atoms with E-state index in [2.05, 4.69) is 95.3 Å². The van der Waals surface area contributed by atoms with E-state index in [0.717, 1.165) is 16.6 Å². The minimum atomic E-state index is -0.0594. The van der Waals surface area contributed by atoms with Crippen molar-refractivity contribution in [2.24, 2.45) is 4.99 Å². The van der Waals surface area contributed by atoms with Crippen LogP contribution < -0.4 is 0 Å². The summed E-state index contributed by atoms with van der Waals surface area (Å²) in [5.41, 5.74) is 8.50. The molecule has 2 fully saturated rings. The van der Waals surface area contributed by atoms with E-state index in [1.165, 1.54) is 108 Å². The molecule has 233 valence electrons. The van der Waals surface area contributed by atoms with Crippen molar-refractivity contribution >= 4 is 27.3 Å². The summed E-state index contributed by atoms with van der Waals surface area (Å²) in [4.78, 5) is 9.60. The van der Waals surface area contributed by atoms with Crippen LogP contribution in [0.4, 0.5) is 0 Å². The predicted molar refractivity (Wildman–Crippen MR) is 184 cm³/mol. The number of aryl methyl sites for hydroxylation is 1. The second-order valence-electron chi connectivity index (χ2n) is 13.6. The molecule has 0 N–H and O–H groups in total. The maximum atomic E-state index is 4.85. The fourth-order valence-electron chi connectivity index (χ4n) is 7.51. The molecule has 0 atom stereocenters. The number of rotatable bonds is 4. The van der Waals surface area contributed by atoms with Crippen molar-refractivity contribution in [2.45, 2.75) is 116 Å². The summed E-state index contributed by atoms with van der Waals surface area (Å²) in [5, 5.41) is 9.80. The van der Waals surface area contributed by atoms with Crippen LogP contribution in [0.3, 0.4) is 0 Å². The molecule has 3 aromatic carbocycles. The first kappa shape index (κ1) is 32.6. The molecule has 4 heteroatoms. The van der Waals surface area contributed by atoms with Crippen molar-refractivity contribution in [3.63, 3.8) is 0 Å². The van der Waals surface area contributed by atoms with Crippen molar-refractivity contribution in [2.75, 3.05) is 0 Å². The van der Waals surface area contributed by atoms with Gasteiger partial charge in [0, 0.05) is 37.7 Å². The van der Waals surface area contributed by atoms with E-state index in [0.29, 0.717) is 12.1 Å². The average Bonchev–Trinajstić information content (AvgIpc) is 3.00. The predicted octanol–water partition coefficient (Wildman–Crippen LogP) is 11.2. The van der Waals surface area contributed by atoms with E-state index in [1.807, 2.05) is 6.20 Å². The first-order valence-electron chi connectivity index (χ1n) is 16.6. The number of aliphatic imine (C=N–C) groups is 1. The number of benzene rings is 3. The summed E-state index contributed by atoms with van der Waals surface area (Å²) in [6, 6.07) is 22.3. The van der Waals surface area contributed by atoms with E-state index >= 15 is 0 Å². The average molecular weight is 762 g/mol.